The molecule has 0 aliphatic carbocycles. The van der Waals surface area contributed by atoms with Gasteiger partial charge in [0.2, 0.25) is 0 Å². The van der Waals surface area contributed by atoms with Gasteiger partial charge in [0.25, 0.3) is 0 Å². The summed E-state index contributed by atoms with van der Waals surface area (Å²) in [6, 6.07) is 9.79. The Morgan fingerprint density at radius 1 is 1.00 bits per heavy atom. The number of hydrogen-bond acceptors (Lipinski definition) is 4. The number of nitrogens with two attached hydrogens (primary N) is 2. The summed E-state index contributed by atoms with van der Waals surface area (Å²) < 4.78 is 10.9. The van der Waals surface area contributed by atoms with Gasteiger partial charge in [-0.3, -0.25) is 0 Å². The third-order valence-corrected chi connectivity index (χ3v) is 3.27. The molecule has 0 unspecified atom stereocenters. The molecule has 0 saturated heterocycles. The van der Waals surface area contributed by atoms with Gasteiger partial charge in [-0.1, -0.05) is 11.6 Å². The highest BCUT2D eigenvalue weighted by Crippen LogP contribution is 2.41. The molecule has 0 heterocycles. The van der Waals surface area contributed by atoms with Crippen molar-refractivity contribution < 1.29 is 9.47 Å². The van der Waals surface area contributed by atoms with Gasteiger partial charge < -0.3 is 20.9 Å². The van der Waals surface area contributed by atoms with E-state index in [9.17, 15) is 0 Å². The van der Waals surface area contributed by atoms with Gasteiger partial charge in [-0.25, -0.2) is 0 Å². The molecule has 0 bridgehead atoms. The lowest BCUT2D eigenvalue weighted by Gasteiger charge is -2.16. The smallest absolute Gasteiger partial charge is 0.168 e. The highest BCUT2D eigenvalue weighted by molar-refractivity contribution is 5.83. The molecule has 4 N–H and O–H groups in total. The molecule has 4 nitrogen and oxygen atoms in total. The molecule has 0 fully saturated rings. The van der Waals surface area contributed by atoms with Gasteiger partial charge in [-0.15, -0.1) is 0 Å². The Bertz CT molecular complexity index is 624. The maximum atomic E-state index is 6.10. The van der Waals surface area contributed by atoms with Crippen molar-refractivity contribution in [2.45, 2.75) is 13.5 Å². The summed E-state index contributed by atoms with van der Waals surface area (Å²) in [5.74, 6) is 1.33. The summed E-state index contributed by atoms with van der Waals surface area (Å²) in [7, 11) is 3.23. The number of ether oxygens (including phenoxy) is 2. The van der Waals surface area contributed by atoms with Crippen LogP contribution in [-0.2, 0) is 6.54 Å². The van der Waals surface area contributed by atoms with E-state index in [2.05, 4.69) is 0 Å². The standard InChI is InChI=1S/C16H20N2O2/c1-10-4-5-14(18)12(6-10)13-7-11(9-17)8-15(19-2)16(13)20-3/h4-8H,9,17-18H2,1-3H3. The number of anilines is 1. The van der Waals surface area contributed by atoms with E-state index in [0.717, 1.165) is 22.3 Å². The summed E-state index contributed by atoms with van der Waals surface area (Å²) in [6.45, 7) is 2.46. The van der Waals surface area contributed by atoms with Crippen molar-refractivity contribution in [3.8, 4) is 22.6 Å². The van der Waals surface area contributed by atoms with Gasteiger partial charge >= 0.3 is 0 Å². The van der Waals surface area contributed by atoms with Crippen LogP contribution in [0.2, 0.25) is 0 Å². The first-order chi connectivity index (χ1) is 9.60. The predicted molar refractivity (Wildman–Crippen MR) is 82.0 cm³/mol. The zero-order valence-corrected chi connectivity index (χ0v) is 12.1. The van der Waals surface area contributed by atoms with Crippen LogP contribution in [0.5, 0.6) is 11.5 Å². The Hall–Kier alpha value is -2.20. The third-order valence-electron chi connectivity index (χ3n) is 3.27. The van der Waals surface area contributed by atoms with Crippen molar-refractivity contribution in [3.63, 3.8) is 0 Å². The lowest BCUT2D eigenvalue weighted by Crippen LogP contribution is -2.01. The van der Waals surface area contributed by atoms with Crippen LogP contribution in [0.15, 0.2) is 30.3 Å². The molecule has 0 amide bonds. The molecule has 0 aliphatic heterocycles. The van der Waals surface area contributed by atoms with E-state index in [0.29, 0.717) is 23.7 Å². The first-order valence-corrected chi connectivity index (χ1v) is 6.42. The SMILES string of the molecule is COc1cc(CN)cc(-c2cc(C)ccc2N)c1OC. The lowest BCUT2D eigenvalue weighted by atomic mass is 9.98. The van der Waals surface area contributed by atoms with E-state index in [4.69, 9.17) is 20.9 Å². The van der Waals surface area contributed by atoms with E-state index in [1.807, 2.05) is 37.3 Å². The number of benzene rings is 2. The van der Waals surface area contributed by atoms with Crippen molar-refractivity contribution in [3.05, 3.63) is 41.5 Å². The highest BCUT2D eigenvalue weighted by atomic mass is 16.5. The topological polar surface area (TPSA) is 70.5 Å². The Morgan fingerprint density at radius 2 is 1.75 bits per heavy atom. The zero-order chi connectivity index (χ0) is 14.7. The van der Waals surface area contributed by atoms with E-state index in [1.165, 1.54) is 0 Å². The third kappa shape index (κ3) is 2.56. The first kappa shape index (κ1) is 14.2. The van der Waals surface area contributed by atoms with Crippen LogP contribution in [0.1, 0.15) is 11.1 Å². The van der Waals surface area contributed by atoms with Crippen molar-refractivity contribution in [2.75, 3.05) is 20.0 Å². The van der Waals surface area contributed by atoms with Gasteiger partial charge in [0, 0.05) is 23.4 Å². The van der Waals surface area contributed by atoms with E-state index >= 15 is 0 Å². The number of methoxy groups -OCH3 is 2. The van der Waals surface area contributed by atoms with Crippen LogP contribution in [0.25, 0.3) is 11.1 Å². The summed E-state index contributed by atoms with van der Waals surface area (Å²) in [5, 5.41) is 0. The molecule has 2 aromatic rings. The van der Waals surface area contributed by atoms with Gasteiger partial charge in [-0.2, -0.15) is 0 Å². The molecule has 4 heteroatoms. The van der Waals surface area contributed by atoms with Crippen molar-refractivity contribution >= 4 is 5.69 Å². The molecule has 0 radical (unpaired) electrons. The molecule has 0 spiro atoms. The van der Waals surface area contributed by atoms with Crippen LogP contribution in [0.4, 0.5) is 5.69 Å². The van der Waals surface area contributed by atoms with Gasteiger partial charge in [0.1, 0.15) is 0 Å². The predicted octanol–water partition coefficient (Wildman–Crippen LogP) is 2.72. The van der Waals surface area contributed by atoms with E-state index in [1.54, 1.807) is 14.2 Å². The quantitative estimate of drug-likeness (QED) is 0.840. The summed E-state index contributed by atoms with van der Waals surface area (Å²) in [4.78, 5) is 0. The van der Waals surface area contributed by atoms with Gasteiger partial charge in [0.05, 0.1) is 14.2 Å². The monoisotopic (exact) mass is 272 g/mol. The molecule has 0 atom stereocenters. The average molecular weight is 272 g/mol. The largest absolute Gasteiger partial charge is 0.493 e. The second kappa shape index (κ2) is 5.84. The summed E-state index contributed by atoms with van der Waals surface area (Å²) in [5.41, 5.74) is 16.5. The second-order valence-electron chi connectivity index (χ2n) is 4.67. The van der Waals surface area contributed by atoms with Gasteiger partial charge in [-0.05, 0) is 36.8 Å². The first-order valence-electron chi connectivity index (χ1n) is 6.42. The molecule has 0 aromatic heterocycles. The fraction of sp³-hybridized carbons (Fsp3) is 0.250. The number of nitrogen functional groups attached to an aromatic ring is 1. The Balaban J connectivity index is 2.74. The normalized spacial score (nSPS) is 10.4. The Labute approximate surface area is 119 Å². The van der Waals surface area contributed by atoms with Crippen LogP contribution in [0.3, 0.4) is 0 Å². The number of aryl methyl sites for hydroxylation is 1. The van der Waals surface area contributed by atoms with Crippen LogP contribution >= 0.6 is 0 Å². The van der Waals surface area contributed by atoms with Crippen LogP contribution < -0.4 is 20.9 Å². The maximum absolute atomic E-state index is 6.10. The number of rotatable bonds is 4. The molecule has 0 saturated carbocycles. The molecule has 2 rings (SSSR count). The van der Waals surface area contributed by atoms with Crippen LogP contribution in [-0.4, -0.2) is 14.2 Å². The molecule has 2 aromatic carbocycles. The van der Waals surface area contributed by atoms with Crippen molar-refractivity contribution in [1.82, 2.24) is 0 Å². The molecular weight excluding hydrogens is 252 g/mol. The second-order valence-corrected chi connectivity index (χ2v) is 4.67. The zero-order valence-electron chi connectivity index (χ0n) is 12.1. The van der Waals surface area contributed by atoms with Crippen LogP contribution in [0, 0.1) is 6.92 Å². The summed E-state index contributed by atoms with van der Waals surface area (Å²) in [6.07, 6.45) is 0. The molecule has 20 heavy (non-hydrogen) atoms. The van der Waals surface area contributed by atoms with E-state index < -0.39 is 0 Å². The minimum Gasteiger partial charge on any atom is -0.493 e. The van der Waals surface area contributed by atoms with Crippen molar-refractivity contribution in [2.24, 2.45) is 5.73 Å². The Morgan fingerprint density at radius 3 is 2.35 bits per heavy atom. The maximum Gasteiger partial charge on any atom is 0.168 e. The van der Waals surface area contributed by atoms with E-state index in [-0.39, 0.29) is 0 Å². The minimum atomic E-state index is 0.430. The van der Waals surface area contributed by atoms with Gasteiger partial charge in [0.15, 0.2) is 11.5 Å². The number of hydrogen-bond donors (Lipinski definition) is 2. The molecule has 106 valence electrons. The van der Waals surface area contributed by atoms with Crippen molar-refractivity contribution in [1.29, 1.82) is 0 Å². The Kier molecular flexibility index (Phi) is 4.15. The average Bonchev–Trinajstić information content (AvgIpc) is 2.48. The summed E-state index contributed by atoms with van der Waals surface area (Å²) >= 11 is 0. The lowest BCUT2D eigenvalue weighted by molar-refractivity contribution is 0.356. The fourth-order valence-corrected chi connectivity index (χ4v) is 2.24. The fourth-order valence-electron chi connectivity index (χ4n) is 2.24. The minimum absolute atomic E-state index is 0.430. The highest BCUT2D eigenvalue weighted by Gasteiger charge is 2.15. The molecular formula is C16H20N2O2. The molecule has 0 aliphatic rings.